The third-order valence-corrected chi connectivity index (χ3v) is 2.17. The van der Waals surface area contributed by atoms with Crippen LogP contribution >= 0.6 is 0 Å². The molecule has 0 spiro atoms. The summed E-state index contributed by atoms with van der Waals surface area (Å²) in [4.78, 5) is 19.1. The van der Waals surface area contributed by atoms with E-state index in [1.807, 2.05) is 0 Å². The molecular weight excluding hydrogens is 236 g/mol. The number of nitrogens with zero attached hydrogens (tertiary/aromatic N) is 2. The monoisotopic (exact) mass is 252 g/mol. The minimum Gasteiger partial charge on any atom is -0.481 e. The Hall–Kier alpha value is -2.11. The molecule has 18 heavy (non-hydrogen) atoms. The molecule has 0 saturated heterocycles. The maximum absolute atomic E-state index is 11.1. The van der Waals surface area contributed by atoms with E-state index in [1.165, 1.54) is 27.3 Å². The van der Waals surface area contributed by atoms with Crippen LogP contribution in [-0.4, -0.2) is 30.2 Å². The smallest absolute Gasteiger partial charge is 0.319 e. The van der Waals surface area contributed by atoms with Gasteiger partial charge in [0.25, 0.3) is 0 Å². The van der Waals surface area contributed by atoms with Crippen LogP contribution in [-0.2, 0) is 9.53 Å². The first-order valence-corrected chi connectivity index (χ1v) is 5.35. The molecule has 1 rings (SSSR count). The summed E-state index contributed by atoms with van der Waals surface area (Å²) in [6.45, 7) is 4.97. The summed E-state index contributed by atoms with van der Waals surface area (Å²) < 4.78 is 15.2. The van der Waals surface area contributed by atoms with Crippen LogP contribution in [0.25, 0.3) is 0 Å². The number of carbonyl (C=O) groups is 1. The summed E-state index contributed by atoms with van der Waals surface area (Å²) in [5.41, 5.74) is 0.577. The Kier molecular flexibility index (Phi) is 5.10. The number of ether oxygens (including phenoxy) is 3. The molecule has 1 atom stereocenters. The SMILES string of the molecule is C=CCC(OC(C)=O)c1cnc(OC)nc1OC. The zero-order chi connectivity index (χ0) is 13.5. The molecule has 1 aromatic heterocycles. The number of hydrogen-bond donors (Lipinski definition) is 0. The van der Waals surface area contributed by atoms with E-state index in [0.717, 1.165) is 0 Å². The van der Waals surface area contributed by atoms with Gasteiger partial charge in [-0.25, -0.2) is 4.98 Å². The number of hydrogen-bond acceptors (Lipinski definition) is 6. The highest BCUT2D eigenvalue weighted by atomic mass is 16.5. The van der Waals surface area contributed by atoms with E-state index in [1.54, 1.807) is 6.08 Å². The molecule has 0 aliphatic rings. The van der Waals surface area contributed by atoms with E-state index < -0.39 is 6.10 Å². The van der Waals surface area contributed by atoms with Crippen molar-refractivity contribution in [1.29, 1.82) is 0 Å². The van der Waals surface area contributed by atoms with Crippen LogP contribution in [0.1, 0.15) is 25.0 Å². The van der Waals surface area contributed by atoms with Crippen LogP contribution in [0, 0.1) is 0 Å². The first-order valence-electron chi connectivity index (χ1n) is 5.35. The molecular formula is C12H16N2O4. The lowest BCUT2D eigenvalue weighted by molar-refractivity contribution is -0.146. The van der Waals surface area contributed by atoms with E-state index in [0.29, 0.717) is 17.9 Å². The van der Waals surface area contributed by atoms with Gasteiger partial charge < -0.3 is 14.2 Å². The Morgan fingerprint density at radius 2 is 2.22 bits per heavy atom. The van der Waals surface area contributed by atoms with Crippen molar-refractivity contribution < 1.29 is 19.0 Å². The highest BCUT2D eigenvalue weighted by Crippen LogP contribution is 2.29. The molecule has 0 bridgehead atoms. The van der Waals surface area contributed by atoms with Crippen molar-refractivity contribution in [1.82, 2.24) is 9.97 Å². The van der Waals surface area contributed by atoms with Gasteiger partial charge in [-0.3, -0.25) is 4.79 Å². The van der Waals surface area contributed by atoms with Crippen LogP contribution in [0.15, 0.2) is 18.9 Å². The number of carbonyl (C=O) groups excluding carboxylic acids is 1. The van der Waals surface area contributed by atoms with Gasteiger partial charge in [0, 0.05) is 19.5 Å². The second-order valence-electron chi connectivity index (χ2n) is 3.44. The fraction of sp³-hybridized carbons (Fsp3) is 0.417. The van der Waals surface area contributed by atoms with Crippen molar-refractivity contribution in [2.75, 3.05) is 14.2 Å². The maximum Gasteiger partial charge on any atom is 0.319 e. The standard InChI is InChI=1S/C12H16N2O4/c1-5-6-10(18-8(2)15)9-7-13-12(17-4)14-11(9)16-3/h5,7,10H,1,6H2,2-4H3. The minimum atomic E-state index is -0.513. The molecule has 0 aliphatic heterocycles. The fourth-order valence-corrected chi connectivity index (χ4v) is 1.43. The van der Waals surface area contributed by atoms with Crippen LogP contribution in [0.4, 0.5) is 0 Å². The second-order valence-corrected chi connectivity index (χ2v) is 3.44. The van der Waals surface area contributed by atoms with Crippen LogP contribution in [0.2, 0.25) is 0 Å². The molecule has 6 heteroatoms. The third-order valence-electron chi connectivity index (χ3n) is 2.17. The van der Waals surface area contributed by atoms with Gasteiger partial charge >= 0.3 is 12.0 Å². The largest absolute Gasteiger partial charge is 0.481 e. The van der Waals surface area contributed by atoms with Crippen molar-refractivity contribution in [3.63, 3.8) is 0 Å². The average molecular weight is 252 g/mol. The summed E-state index contributed by atoms with van der Waals surface area (Å²) in [5, 5.41) is 0. The first-order chi connectivity index (χ1) is 8.62. The molecule has 0 radical (unpaired) electrons. The molecule has 0 aromatic carbocycles. The molecule has 0 amide bonds. The van der Waals surface area contributed by atoms with E-state index in [9.17, 15) is 4.79 Å². The number of aromatic nitrogens is 2. The van der Waals surface area contributed by atoms with Crippen LogP contribution in [0.5, 0.6) is 11.9 Å². The summed E-state index contributed by atoms with van der Waals surface area (Å²) in [5.74, 6) is -0.0744. The van der Waals surface area contributed by atoms with Crippen LogP contribution in [0.3, 0.4) is 0 Å². The quantitative estimate of drug-likeness (QED) is 0.566. The number of rotatable bonds is 6. The van der Waals surface area contributed by atoms with E-state index >= 15 is 0 Å². The van der Waals surface area contributed by atoms with Gasteiger partial charge in [-0.05, 0) is 0 Å². The molecule has 0 fully saturated rings. The molecule has 1 aromatic rings. The van der Waals surface area contributed by atoms with Crippen molar-refractivity contribution >= 4 is 5.97 Å². The Morgan fingerprint density at radius 3 is 2.72 bits per heavy atom. The van der Waals surface area contributed by atoms with Gasteiger partial charge in [-0.2, -0.15) is 4.98 Å². The zero-order valence-corrected chi connectivity index (χ0v) is 10.7. The molecule has 1 unspecified atom stereocenters. The lowest BCUT2D eigenvalue weighted by Crippen LogP contribution is -2.11. The van der Waals surface area contributed by atoms with Crippen molar-refractivity contribution in [3.05, 3.63) is 24.4 Å². The van der Waals surface area contributed by atoms with Crippen molar-refractivity contribution in [2.24, 2.45) is 0 Å². The maximum atomic E-state index is 11.1. The molecule has 6 nitrogen and oxygen atoms in total. The molecule has 98 valence electrons. The van der Waals surface area contributed by atoms with Crippen molar-refractivity contribution in [2.45, 2.75) is 19.4 Å². The van der Waals surface area contributed by atoms with Gasteiger partial charge in [-0.15, -0.1) is 6.58 Å². The Labute approximate surface area is 106 Å². The first kappa shape index (κ1) is 14.0. The molecule has 0 saturated carbocycles. The summed E-state index contributed by atoms with van der Waals surface area (Å²) in [6.07, 6.45) is 3.10. The normalized spacial score (nSPS) is 11.5. The van der Waals surface area contributed by atoms with Gasteiger partial charge in [0.1, 0.15) is 6.10 Å². The summed E-state index contributed by atoms with van der Waals surface area (Å²) in [6, 6.07) is 0.191. The predicted octanol–water partition coefficient (Wildman–Crippen LogP) is 1.67. The topological polar surface area (TPSA) is 70.5 Å². The lowest BCUT2D eigenvalue weighted by atomic mass is 10.1. The highest BCUT2D eigenvalue weighted by molar-refractivity contribution is 5.66. The Bertz CT molecular complexity index is 434. The highest BCUT2D eigenvalue weighted by Gasteiger charge is 2.20. The lowest BCUT2D eigenvalue weighted by Gasteiger charge is -2.17. The van der Waals surface area contributed by atoms with E-state index in [2.05, 4.69) is 16.5 Å². The minimum absolute atomic E-state index is 0.191. The molecule has 1 heterocycles. The predicted molar refractivity (Wildman–Crippen MR) is 64.5 cm³/mol. The van der Waals surface area contributed by atoms with Gasteiger partial charge in [-0.1, -0.05) is 6.08 Å². The van der Waals surface area contributed by atoms with Crippen molar-refractivity contribution in [3.8, 4) is 11.9 Å². The second kappa shape index (κ2) is 6.58. The number of esters is 1. The summed E-state index contributed by atoms with van der Waals surface area (Å²) >= 11 is 0. The van der Waals surface area contributed by atoms with Crippen LogP contribution < -0.4 is 9.47 Å². The third kappa shape index (κ3) is 3.44. The van der Waals surface area contributed by atoms with Gasteiger partial charge in [0.05, 0.1) is 19.8 Å². The van der Waals surface area contributed by atoms with E-state index in [-0.39, 0.29) is 12.0 Å². The Balaban J connectivity index is 3.09. The average Bonchev–Trinajstić information content (AvgIpc) is 2.37. The molecule has 0 N–H and O–H groups in total. The molecule has 0 aliphatic carbocycles. The van der Waals surface area contributed by atoms with E-state index in [4.69, 9.17) is 14.2 Å². The Morgan fingerprint density at radius 1 is 1.50 bits per heavy atom. The van der Waals surface area contributed by atoms with Gasteiger partial charge in [0.15, 0.2) is 0 Å². The summed E-state index contributed by atoms with van der Waals surface area (Å²) in [7, 11) is 2.94. The number of methoxy groups -OCH3 is 2. The zero-order valence-electron chi connectivity index (χ0n) is 10.7. The van der Waals surface area contributed by atoms with Gasteiger partial charge in [0.2, 0.25) is 5.88 Å². The fourth-order valence-electron chi connectivity index (χ4n) is 1.43.